The second-order valence-corrected chi connectivity index (χ2v) is 5.95. The van der Waals surface area contributed by atoms with Gasteiger partial charge in [-0.15, -0.1) is 11.8 Å². The molecule has 16 heavy (non-hydrogen) atoms. The standard InChI is InChI=1S/C11H15NO3S/c13-10(9-6-2-1-3-7(6)9)12-5-16-4-8(12)11(14)15/h6-9H,1-5H2,(H,14,15). The van der Waals surface area contributed by atoms with E-state index in [2.05, 4.69) is 0 Å². The molecule has 4 nitrogen and oxygen atoms in total. The van der Waals surface area contributed by atoms with Crippen molar-refractivity contribution in [2.45, 2.75) is 25.3 Å². The molecule has 0 radical (unpaired) electrons. The lowest BCUT2D eigenvalue weighted by atomic mass is 10.1. The summed E-state index contributed by atoms with van der Waals surface area (Å²) in [6.07, 6.45) is 3.58. The summed E-state index contributed by atoms with van der Waals surface area (Å²) in [6, 6.07) is -0.584. The Balaban J connectivity index is 1.69. The van der Waals surface area contributed by atoms with E-state index < -0.39 is 12.0 Å². The maximum atomic E-state index is 12.2. The van der Waals surface area contributed by atoms with Gasteiger partial charge < -0.3 is 10.0 Å². The summed E-state index contributed by atoms with van der Waals surface area (Å²) < 4.78 is 0. The van der Waals surface area contributed by atoms with Crippen molar-refractivity contribution >= 4 is 23.6 Å². The Bertz CT molecular complexity index is 336. The van der Waals surface area contributed by atoms with E-state index in [0.717, 1.165) is 0 Å². The highest BCUT2D eigenvalue weighted by molar-refractivity contribution is 7.99. The Hall–Kier alpha value is -0.710. The zero-order chi connectivity index (χ0) is 11.3. The zero-order valence-corrected chi connectivity index (χ0v) is 9.78. The van der Waals surface area contributed by atoms with E-state index in [-0.39, 0.29) is 11.8 Å². The van der Waals surface area contributed by atoms with E-state index >= 15 is 0 Å². The Kier molecular flexibility index (Phi) is 2.38. The number of hydrogen-bond donors (Lipinski definition) is 1. The molecule has 0 aromatic carbocycles. The quantitative estimate of drug-likeness (QED) is 0.784. The molecule has 1 saturated heterocycles. The van der Waals surface area contributed by atoms with Gasteiger partial charge in [0.2, 0.25) is 5.91 Å². The smallest absolute Gasteiger partial charge is 0.327 e. The number of rotatable bonds is 2. The van der Waals surface area contributed by atoms with Crippen LogP contribution in [0.5, 0.6) is 0 Å². The third kappa shape index (κ3) is 1.44. The second-order valence-electron chi connectivity index (χ2n) is 4.95. The van der Waals surface area contributed by atoms with Crippen LogP contribution in [0.2, 0.25) is 0 Å². The molecule has 88 valence electrons. The van der Waals surface area contributed by atoms with Gasteiger partial charge in [0, 0.05) is 11.7 Å². The van der Waals surface area contributed by atoms with Crippen LogP contribution >= 0.6 is 11.8 Å². The fourth-order valence-electron chi connectivity index (χ4n) is 3.24. The summed E-state index contributed by atoms with van der Waals surface area (Å²) in [5, 5.41) is 9.03. The summed E-state index contributed by atoms with van der Waals surface area (Å²) in [4.78, 5) is 24.8. The van der Waals surface area contributed by atoms with Crippen LogP contribution in [0.4, 0.5) is 0 Å². The Labute approximate surface area is 98.4 Å². The summed E-state index contributed by atoms with van der Waals surface area (Å²) in [6.45, 7) is 0. The molecular weight excluding hydrogens is 226 g/mol. The van der Waals surface area contributed by atoms with E-state index in [1.54, 1.807) is 16.7 Å². The number of fused-ring (bicyclic) bond motifs is 1. The normalized spacial score (nSPS) is 40.9. The first-order valence-electron chi connectivity index (χ1n) is 5.81. The molecule has 2 aliphatic carbocycles. The molecule has 1 aliphatic heterocycles. The highest BCUT2D eigenvalue weighted by Gasteiger charge is 2.58. The molecule has 5 heteroatoms. The lowest BCUT2D eigenvalue weighted by molar-refractivity contribution is -0.148. The van der Waals surface area contributed by atoms with Gasteiger partial charge in [0.1, 0.15) is 6.04 Å². The van der Waals surface area contributed by atoms with E-state index in [0.29, 0.717) is 23.5 Å². The molecule has 0 bridgehead atoms. The largest absolute Gasteiger partial charge is 0.480 e. The van der Waals surface area contributed by atoms with Crippen molar-refractivity contribution in [3.63, 3.8) is 0 Å². The van der Waals surface area contributed by atoms with Crippen molar-refractivity contribution in [2.75, 3.05) is 11.6 Å². The minimum atomic E-state index is -0.857. The van der Waals surface area contributed by atoms with Gasteiger partial charge in [0.25, 0.3) is 0 Å². The van der Waals surface area contributed by atoms with Gasteiger partial charge in [-0.25, -0.2) is 4.79 Å². The second kappa shape index (κ2) is 3.65. The van der Waals surface area contributed by atoms with Gasteiger partial charge in [0.05, 0.1) is 5.88 Å². The summed E-state index contributed by atoms with van der Waals surface area (Å²) in [7, 11) is 0. The number of amides is 1. The van der Waals surface area contributed by atoms with E-state index in [4.69, 9.17) is 5.11 Å². The Morgan fingerprint density at radius 3 is 2.56 bits per heavy atom. The fraction of sp³-hybridized carbons (Fsp3) is 0.818. The minimum absolute atomic E-state index is 0.104. The van der Waals surface area contributed by atoms with Crippen molar-refractivity contribution < 1.29 is 14.7 Å². The topological polar surface area (TPSA) is 57.6 Å². The molecule has 3 aliphatic rings. The molecule has 3 unspecified atom stereocenters. The zero-order valence-electron chi connectivity index (χ0n) is 8.96. The Morgan fingerprint density at radius 2 is 1.94 bits per heavy atom. The number of hydrogen-bond acceptors (Lipinski definition) is 3. The van der Waals surface area contributed by atoms with E-state index in [1.807, 2.05) is 0 Å². The van der Waals surface area contributed by atoms with Crippen LogP contribution in [0.3, 0.4) is 0 Å². The third-order valence-electron chi connectivity index (χ3n) is 4.14. The van der Waals surface area contributed by atoms with Crippen LogP contribution in [0.1, 0.15) is 19.3 Å². The van der Waals surface area contributed by atoms with Crippen LogP contribution in [-0.4, -0.2) is 39.6 Å². The molecule has 0 aromatic rings. The molecule has 2 saturated carbocycles. The van der Waals surface area contributed by atoms with E-state index in [1.165, 1.54) is 19.3 Å². The van der Waals surface area contributed by atoms with Crippen molar-refractivity contribution in [3.05, 3.63) is 0 Å². The van der Waals surface area contributed by atoms with Crippen LogP contribution in [0.25, 0.3) is 0 Å². The molecule has 3 rings (SSSR count). The van der Waals surface area contributed by atoms with Gasteiger partial charge in [-0.2, -0.15) is 0 Å². The molecule has 1 heterocycles. The monoisotopic (exact) mass is 241 g/mol. The first-order chi connectivity index (χ1) is 7.70. The number of carbonyl (C=O) groups excluding carboxylic acids is 1. The lowest BCUT2D eigenvalue weighted by Crippen LogP contribution is -2.43. The van der Waals surface area contributed by atoms with E-state index in [9.17, 15) is 9.59 Å². The average molecular weight is 241 g/mol. The highest BCUT2D eigenvalue weighted by atomic mass is 32.2. The number of carboxylic acid groups (broad SMARTS) is 1. The fourth-order valence-corrected chi connectivity index (χ4v) is 4.40. The molecule has 0 spiro atoms. The predicted octanol–water partition coefficient (Wildman–Crippen LogP) is 1.02. The number of aliphatic carboxylic acids is 1. The van der Waals surface area contributed by atoms with Gasteiger partial charge in [-0.3, -0.25) is 4.79 Å². The number of thioether (sulfide) groups is 1. The Morgan fingerprint density at radius 1 is 1.25 bits per heavy atom. The van der Waals surface area contributed by atoms with Crippen LogP contribution in [0.15, 0.2) is 0 Å². The SMILES string of the molecule is O=C(O)C1CSCN1C(=O)C1C2CCCC21. The number of carbonyl (C=O) groups is 2. The van der Waals surface area contributed by atoms with Crippen LogP contribution in [-0.2, 0) is 9.59 Å². The van der Waals surface area contributed by atoms with Gasteiger partial charge in [0.15, 0.2) is 0 Å². The highest BCUT2D eigenvalue weighted by Crippen LogP contribution is 2.58. The van der Waals surface area contributed by atoms with Gasteiger partial charge >= 0.3 is 5.97 Å². The lowest BCUT2D eigenvalue weighted by Gasteiger charge is -2.21. The van der Waals surface area contributed by atoms with Crippen molar-refractivity contribution in [1.82, 2.24) is 4.90 Å². The van der Waals surface area contributed by atoms with Crippen molar-refractivity contribution in [3.8, 4) is 0 Å². The molecule has 0 aromatic heterocycles. The third-order valence-corrected chi connectivity index (χ3v) is 5.15. The number of carboxylic acids is 1. The summed E-state index contributed by atoms with van der Waals surface area (Å²) in [5.41, 5.74) is 0. The van der Waals surface area contributed by atoms with Gasteiger partial charge in [-0.05, 0) is 24.7 Å². The molecule has 3 fully saturated rings. The molecule has 1 amide bonds. The first-order valence-corrected chi connectivity index (χ1v) is 6.96. The molecule has 1 N–H and O–H groups in total. The average Bonchev–Trinajstić information content (AvgIpc) is 2.74. The van der Waals surface area contributed by atoms with Crippen LogP contribution in [0, 0.1) is 17.8 Å². The molecular formula is C11H15NO3S. The van der Waals surface area contributed by atoms with Crippen LogP contribution < -0.4 is 0 Å². The minimum Gasteiger partial charge on any atom is -0.480 e. The summed E-state index contributed by atoms with van der Waals surface area (Å²) >= 11 is 1.54. The van der Waals surface area contributed by atoms with Crippen molar-refractivity contribution in [1.29, 1.82) is 0 Å². The predicted molar refractivity (Wildman–Crippen MR) is 59.9 cm³/mol. The first kappa shape index (κ1) is 10.4. The maximum Gasteiger partial charge on any atom is 0.327 e. The summed E-state index contributed by atoms with van der Waals surface area (Å²) in [5.74, 6) is 1.67. The van der Waals surface area contributed by atoms with Crippen molar-refractivity contribution in [2.24, 2.45) is 17.8 Å². The maximum absolute atomic E-state index is 12.2. The number of nitrogens with zero attached hydrogens (tertiary/aromatic N) is 1. The molecule has 3 atom stereocenters. The van der Waals surface area contributed by atoms with Gasteiger partial charge in [-0.1, -0.05) is 6.42 Å².